The van der Waals surface area contributed by atoms with Crippen molar-refractivity contribution in [3.63, 3.8) is 0 Å². The smallest absolute Gasteiger partial charge is 0.265 e. The van der Waals surface area contributed by atoms with Crippen LogP contribution in [0.4, 0.5) is 24.7 Å². The Labute approximate surface area is 263 Å². The Bertz CT molecular complexity index is 1690. The molecule has 4 aliphatic rings. The standard InChI is InChI=1S/C32H33F3N8O3/c1-17(2)5-25-21(7-36)30(18-3-4-26-27(6-18)46-16-29(44)42(26)13-28-37-8-19(33)9-38-28)22-10-39-43(32(22)40-25)31-23(34)11-41(12-24(31)35)20-14-45-15-20/h3-4,6,8-9,17,20,23-24,31,39H,5,10-16H2,1-2H3. The summed E-state index contributed by atoms with van der Waals surface area (Å²) in [5.74, 6) is 0.338. The molecule has 0 bridgehead atoms. The quantitative estimate of drug-likeness (QED) is 0.415. The van der Waals surface area contributed by atoms with Gasteiger partial charge in [-0.3, -0.25) is 19.6 Å². The number of fused-ring (bicyclic) bond motifs is 2. The van der Waals surface area contributed by atoms with Crippen molar-refractivity contribution in [3.05, 3.63) is 59.1 Å². The summed E-state index contributed by atoms with van der Waals surface area (Å²) in [6, 6.07) is 6.53. The van der Waals surface area contributed by atoms with Crippen LogP contribution in [-0.2, 0) is 29.0 Å². The van der Waals surface area contributed by atoms with Gasteiger partial charge >= 0.3 is 0 Å². The van der Waals surface area contributed by atoms with Crippen LogP contribution in [0.1, 0.15) is 36.5 Å². The Morgan fingerprint density at radius 2 is 1.89 bits per heavy atom. The molecule has 7 rings (SSSR count). The number of hydrazine groups is 1. The maximum absolute atomic E-state index is 15.8. The number of carbonyl (C=O) groups is 1. The van der Waals surface area contributed by atoms with Gasteiger partial charge in [-0.2, -0.15) is 5.26 Å². The average Bonchev–Trinajstić information content (AvgIpc) is 3.40. The number of hydrogen-bond acceptors (Lipinski definition) is 10. The van der Waals surface area contributed by atoms with Crippen molar-refractivity contribution in [2.75, 3.05) is 42.8 Å². The Balaban J connectivity index is 1.27. The molecule has 2 saturated heterocycles. The molecule has 2 aromatic heterocycles. The molecule has 0 radical (unpaired) electrons. The fourth-order valence-electron chi connectivity index (χ4n) is 6.60. The molecule has 46 heavy (non-hydrogen) atoms. The Hall–Kier alpha value is -4.32. The van der Waals surface area contributed by atoms with E-state index in [-0.39, 0.29) is 56.5 Å². The first kappa shape index (κ1) is 30.3. The van der Waals surface area contributed by atoms with E-state index in [1.165, 1.54) is 9.91 Å². The van der Waals surface area contributed by atoms with E-state index < -0.39 is 24.2 Å². The van der Waals surface area contributed by atoms with E-state index in [0.717, 1.165) is 12.4 Å². The number of likely N-dealkylation sites (tertiary alicyclic amines) is 1. The highest BCUT2D eigenvalue weighted by molar-refractivity contribution is 5.98. The molecule has 0 saturated carbocycles. The van der Waals surface area contributed by atoms with Gasteiger partial charge in [-0.15, -0.1) is 0 Å². The molecule has 2 unspecified atom stereocenters. The third-order valence-electron chi connectivity index (χ3n) is 8.88. The van der Waals surface area contributed by atoms with E-state index in [0.29, 0.717) is 64.8 Å². The second-order valence-electron chi connectivity index (χ2n) is 12.5. The number of halogens is 3. The summed E-state index contributed by atoms with van der Waals surface area (Å²) in [5, 5.41) is 11.9. The predicted molar refractivity (Wildman–Crippen MR) is 161 cm³/mol. The maximum atomic E-state index is 15.8. The summed E-state index contributed by atoms with van der Waals surface area (Å²) in [4.78, 5) is 29.0. The molecule has 3 aromatic rings. The number of nitrogens with one attached hydrogen (secondary N) is 1. The van der Waals surface area contributed by atoms with E-state index in [1.54, 1.807) is 18.2 Å². The van der Waals surface area contributed by atoms with Gasteiger partial charge in [-0.25, -0.2) is 33.5 Å². The second kappa shape index (κ2) is 12.1. The monoisotopic (exact) mass is 634 g/mol. The number of aromatic nitrogens is 3. The van der Waals surface area contributed by atoms with Crippen LogP contribution in [0.3, 0.4) is 0 Å². The van der Waals surface area contributed by atoms with Crippen molar-refractivity contribution < 1.29 is 27.4 Å². The fourth-order valence-corrected chi connectivity index (χ4v) is 6.60. The number of rotatable bonds is 7. The molecule has 1 N–H and O–H groups in total. The van der Waals surface area contributed by atoms with E-state index in [2.05, 4.69) is 21.5 Å². The molecular weight excluding hydrogens is 601 g/mol. The number of pyridine rings is 1. The van der Waals surface area contributed by atoms with E-state index >= 15 is 8.78 Å². The summed E-state index contributed by atoms with van der Waals surface area (Å²) >= 11 is 0. The Morgan fingerprint density at radius 1 is 1.15 bits per heavy atom. The molecule has 6 heterocycles. The van der Waals surface area contributed by atoms with Gasteiger partial charge in [-0.05, 0) is 30.0 Å². The van der Waals surface area contributed by atoms with Crippen molar-refractivity contribution in [2.45, 2.75) is 57.8 Å². The lowest BCUT2D eigenvalue weighted by atomic mass is 9.91. The molecule has 0 spiro atoms. The van der Waals surface area contributed by atoms with Crippen LogP contribution in [0.25, 0.3) is 11.1 Å². The minimum Gasteiger partial charge on any atom is -0.482 e. The zero-order chi connectivity index (χ0) is 32.1. The van der Waals surface area contributed by atoms with Crippen LogP contribution >= 0.6 is 0 Å². The lowest BCUT2D eigenvalue weighted by Crippen LogP contribution is -2.65. The fraction of sp³-hybridized carbons (Fsp3) is 0.469. The molecule has 4 aliphatic heterocycles. The van der Waals surface area contributed by atoms with Crippen LogP contribution in [-0.4, -0.2) is 83.1 Å². The first-order valence-corrected chi connectivity index (χ1v) is 15.3. The molecule has 1 amide bonds. The van der Waals surface area contributed by atoms with Gasteiger partial charge in [0.25, 0.3) is 5.91 Å². The normalized spacial score (nSPS) is 23.2. The molecule has 2 atom stereocenters. The SMILES string of the molecule is CC(C)Cc1nc2c(c(-c3ccc4c(c3)OCC(=O)N4Cc3ncc(F)cn3)c1C#N)CNN2C1C(F)CN(C2COC2)CC1F. The van der Waals surface area contributed by atoms with Crippen molar-refractivity contribution in [1.82, 2.24) is 25.3 Å². The highest BCUT2D eigenvalue weighted by Crippen LogP contribution is 2.43. The highest BCUT2D eigenvalue weighted by Gasteiger charge is 2.47. The van der Waals surface area contributed by atoms with Gasteiger partial charge in [-0.1, -0.05) is 19.9 Å². The number of hydrogen-bond donors (Lipinski definition) is 1. The lowest BCUT2D eigenvalue weighted by Gasteiger charge is -2.46. The largest absolute Gasteiger partial charge is 0.482 e. The van der Waals surface area contributed by atoms with Crippen LogP contribution in [0.2, 0.25) is 0 Å². The summed E-state index contributed by atoms with van der Waals surface area (Å²) < 4.78 is 56.0. The van der Waals surface area contributed by atoms with Gasteiger partial charge in [0.15, 0.2) is 12.4 Å². The summed E-state index contributed by atoms with van der Waals surface area (Å²) in [7, 11) is 0. The van der Waals surface area contributed by atoms with Crippen LogP contribution < -0.4 is 20.1 Å². The second-order valence-corrected chi connectivity index (χ2v) is 12.5. The minimum atomic E-state index is -1.48. The summed E-state index contributed by atoms with van der Waals surface area (Å²) in [5.41, 5.74) is 6.48. The highest BCUT2D eigenvalue weighted by atomic mass is 19.1. The number of alkyl halides is 2. The molecular formula is C32H33F3N8O3. The van der Waals surface area contributed by atoms with Gasteiger partial charge in [0.05, 0.1) is 55.1 Å². The zero-order valence-electron chi connectivity index (χ0n) is 25.4. The molecule has 14 heteroatoms. The van der Waals surface area contributed by atoms with Crippen molar-refractivity contribution in [3.8, 4) is 22.9 Å². The van der Waals surface area contributed by atoms with Gasteiger partial charge < -0.3 is 9.47 Å². The van der Waals surface area contributed by atoms with Gasteiger partial charge in [0, 0.05) is 30.8 Å². The maximum Gasteiger partial charge on any atom is 0.265 e. The van der Waals surface area contributed by atoms with Gasteiger partial charge in [0.2, 0.25) is 0 Å². The zero-order valence-corrected chi connectivity index (χ0v) is 25.4. The number of amides is 1. The average molecular weight is 635 g/mol. The topological polar surface area (TPSA) is 120 Å². The van der Waals surface area contributed by atoms with Gasteiger partial charge in [0.1, 0.15) is 41.8 Å². The number of piperidine rings is 1. The number of carbonyl (C=O) groups excluding carboxylic acids is 1. The number of ether oxygens (including phenoxy) is 2. The van der Waals surface area contributed by atoms with Crippen molar-refractivity contribution >= 4 is 17.4 Å². The number of anilines is 2. The number of nitrogens with zero attached hydrogens (tertiary/aromatic N) is 7. The number of benzene rings is 1. The van der Waals surface area contributed by atoms with Crippen LogP contribution in [0.5, 0.6) is 5.75 Å². The van der Waals surface area contributed by atoms with Crippen molar-refractivity contribution in [1.29, 1.82) is 5.26 Å². The molecule has 2 fully saturated rings. The molecule has 0 aliphatic carbocycles. The van der Waals surface area contributed by atoms with E-state index in [1.807, 2.05) is 18.7 Å². The Kier molecular flexibility index (Phi) is 8.00. The number of nitriles is 1. The first-order valence-electron chi connectivity index (χ1n) is 15.3. The Morgan fingerprint density at radius 3 is 2.54 bits per heavy atom. The molecule has 1 aromatic carbocycles. The predicted octanol–water partition coefficient (Wildman–Crippen LogP) is 3.26. The first-order chi connectivity index (χ1) is 22.2. The third-order valence-corrected chi connectivity index (χ3v) is 8.88. The van der Waals surface area contributed by atoms with Crippen LogP contribution in [0, 0.1) is 23.1 Å². The van der Waals surface area contributed by atoms with Crippen molar-refractivity contribution in [2.24, 2.45) is 5.92 Å². The third kappa shape index (κ3) is 5.42. The molecule has 11 nitrogen and oxygen atoms in total. The van der Waals surface area contributed by atoms with Crippen LogP contribution in [0.15, 0.2) is 30.6 Å². The van der Waals surface area contributed by atoms with E-state index in [9.17, 15) is 14.4 Å². The summed E-state index contributed by atoms with van der Waals surface area (Å²) in [6.45, 7) is 5.18. The molecule has 240 valence electrons. The summed E-state index contributed by atoms with van der Waals surface area (Å²) in [6.07, 6.45) is -0.401. The van der Waals surface area contributed by atoms with E-state index in [4.69, 9.17) is 14.5 Å². The lowest BCUT2D eigenvalue weighted by molar-refractivity contribution is -0.121. The minimum absolute atomic E-state index is 0.0156.